The first kappa shape index (κ1) is 14.8. The Kier molecular flexibility index (Phi) is 3.73. The summed E-state index contributed by atoms with van der Waals surface area (Å²) in [5.41, 5.74) is 1.88. The Morgan fingerprint density at radius 1 is 1.33 bits per heavy atom. The molecule has 1 aromatic carbocycles. The molecule has 3 rings (SSSR count). The van der Waals surface area contributed by atoms with E-state index >= 15 is 0 Å². The van der Waals surface area contributed by atoms with Gasteiger partial charge in [-0.2, -0.15) is 0 Å². The fourth-order valence-corrected chi connectivity index (χ4v) is 3.67. The summed E-state index contributed by atoms with van der Waals surface area (Å²) in [5, 5.41) is 3.76. The van der Waals surface area contributed by atoms with E-state index in [1.807, 2.05) is 19.1 Å². The van der Waals surface area contributed by atoms with E-state index in [1.54, 1.807) is 6.07 Å². The average Bonchev–Trinajstić information content (AvgIpc) is 3.22. The lowest BCUT2D eigenvalue weighted by Crippen LogP contribution is -2.65. The zero-order chi connectivity index (χ0) is 15.2. The Balaban J connectivity index is 1.93. The minimum atomic E-state index is -0.0827. The number of aryl methyl sites for hydroxylation is 1. The Morgan fingerprint density at radius 2 is 2.05 bits per heavy atom. The maximum Gasteiger partial charge on any atom is 0.146 e. The monoisotopic (exact) mass is 290 g/mol. The van der Waals surface area contributed by atoms with Gasteiger partial charge in [-0.05, 0) is 56.2 Å². The van der Waals surface area contributed by atoms with Crippen LogP contribution in [0.1, 0.15) is 39.2 Å². The highest BCUT2D eigenvalue weighted by atomic mass is 19.1. The zero-order valence-electron chi connectivity index (χ0n) is 13.6. The van der Waals surface area contributed by atoms with Crippen LogP contribution in [0.5, 0.6) is 0 Å². The summed E-state index contributed by atoms with van der Waals surface area (Å²) in [6, 6.07) is 5.99. The molecule has 116 valence electrons. The van der Waals surface area contributed by atoms with E-state index < -0.39 is 0 Å². The molecule has 1 aromatic rings. The van der Waals surface area contributed by atoms with Gasteiger partial charge in [0.15, 0.2) is 0 Å². The molecular formula is C18H27FN2. The third kappa shape index (κ3) is 2.80. The molecule has 3 heteroatoms. The third-order valence-corrected chi connectivity index (χ3v) is 5.27. The lowest BCUT2D eigenvalue weighted by atomic mass is 9.87. The van der Waals surface area contributed by atoms with Crippen molar-refractivity contribution in [1.82, 2.24) is 5.32 Å². The standard InChI is InChI=1S/C18H27FN2/c1-12(2)17-10-20-18(4,14-6-7-14)11-21(17)16-8-5-13(3)9-15(16)19/h5,8-9,12,14,17,20H,6-7,10-11H2,1-4H3. The summed E-state index contributed by atoms with van der Waals surface area (Å²) >= 11 is 0. The number of anilines is 1. The van der Waals surface area contributed by atoms with Crippen LogP contribution in [-0.4, -0.2) is 24.7 Å². The second-order valence-corrected chi connectivity index (χ2v) is 7.47. The van der Waals surface area contributed by atoms with Gasteiger partial charge in [0, 0.05) is 24.7 Å². The van der Waals surface area contributed by atoms with Crippen molar-refractivity contribution in [2.24, 2.45) is 11.8 Å². The number of nitrogens with zero attached hydrogens (tertiary/aromatic N) is 1. The normalized spacial score (nSPS) is 30.0. The molecule has 1 aliphatic heterocycles. The van der Waals surface area contributed by atoms with E-state index in [4.69, 9.17) is 0 Å². The van der Waals surface area contributed by atoms with Crippen molar-refractivity contribution in [3.8, 4) is 0 Å². The first-order valence-corrected chi connectivity index (χ1v) is 8.18. The van der Waals surface area contributed by atoms with Crippen LogP contribution in [0.3, 0.4) is 0 Å². The Morgan fingerprint density at radius 3 is 2.62 bits per heavy atom. The molecule has 1 N–H and O–H groups in total. The molecule has 0 spiro atoms. The van der Waals surface area contributed by atoms with Crippen molar-refractivity contribution in [1.29, 1.82) is 0 Å². The average molecular weight is 290 g/mol. The van der Waals surface area contributed by atoms with Crippen LogP contribution in [0.25, 0.3) is 0 Å². The van der Waals surface area contributed by atoms with Gasteiger partial charge in [0.25, 0.3) is 0 Å². The molecule has 21 heavy (non-hydrogen) atoms. The maximum absolute atomic E-state index is 14.5. The highest BCUT2D eigenvalue weighted by Gasteiger charge is 2.46. The first-order valence-electron chi connectivity index (χ1n) is 8.18. The minimum absolute atomic E-state index is 0.0827. The molecule has 1 aliphatic carbocycles. The predicted octanol–water partition coefficient (Wildman–Crippen LogP) is 3.74. The molecule has 0 amide bonds. The van der Waals surface area contributed by atoms with E-state index in [1.165, 1.54) is 12.8 Å². The van der Waals surface area contributed by atoms with Crippen molar-refractivity contribution in [3.63, 3.8) is 0 Å². The summed E-state index contributed by atoms with van der Waals surface area (Å²) in [4.78, 5) is 2.31. The smallest absolute Gasteiger partial charge is 0.146 e. The quantitative estimate of drug-likeness (QED) is 0.912. The van der Waals surface area contributed by atoms with Gasteiger partial charge >= 0.3 is 0 Å². The van der Waals surface area contributed by atoms with Gasteiger partial charge in [0.05, 0.1) is 5.69 Å². The summed E-state index contributed by atoms with van der Waals surface area (Å²) in [6.07, 6.45) is 2.61. The molecule has 2 unspecified atom stereocenters. The molecule has 1 heterocycles. The highest BCUT2D eigenvalue weighted by molar-refractivity contribution is 5.51. The molecule has 1 saturated carbocycles. The van der Waals surface area contributed by atoms with Crippen LogP contribution in [0.4, 0.5) is 10.1 Å². The van der Waals surface area contributed by atoms with E-state index in [0.29, 0.717) is 12.0 Å². The largest absolute Gasteiger partial charge is 0.363 e. The van der Waals surface area contributed by atoms with Gasteiger partial charge in [-0.1, -0.05) is 19.9 Å². The maximum atomic E-state index is 14.5. The summed E-state index contributed by atoms with van der Waals surface area (Å²) in [5.74, 6) is 1.17. The lowest BCUT2D eigenvalue weighted by Gasteiger charge is -2.49. The van der Waals surface area contributed by atoms with Crippen LogP contribution in [0.15, 0.2) is 18.2 Å². The lowest BCUT2D eigenvalue weighted by molar-refractivity contribution is 0.232. The van der Waals surface area contributed by atoms with Gasteiger partial charge in [-0.3, -0.25) is 0 Å². The van der Waals surface area contributed by atoms with Crippen molar-refractivity contribution in [2.45, 2.75) is 52.1 Å². The van der Waals surface area contributed by atoms with Crippen LogP contribution in [0.2, 0.25) is 0 Å². The molecular weight excluding hydrogens is 263 g/mol. The van der Waals surface area contributed by atoms with E-state index in [2.05, 4.69) is 31.0 Å². The van der Waals surface area contributed by atoms with Crippen molar-refractivity contribution < 1.29 is 4.39 Å². The van der Waals surface area contributed by atoms with Gasteiger partial charge in [0.2, 0.25) is 0 Å². The molecule has 2 nitrogen and oxygen atoms in total. The number of rotatable bonds is 3. The molecule has 2 atom stereocenters. The van der Waals surface area contributed by atoms with Gasteiger partial charge < -0.3 is 10.2 Å². The first-order chi connectivity index (χ1) is 9.90. The molecule has 0 aromatic heterocycles. The summed E-state index contributed by atoms with van der Waals surface area (Å²) in [7, 11) is 0. The van der Waals surface area contributed by atoms with Crippen LogP contribution >= 0.6 is 0 Å². The van der Waals surface area contributed by atoms with Gasteiger partial charge in [-0.15, -0.1) is 0 Å². The van der Waals surface area contributed by atoms with Crippen LogP contribution in [-0.2, 0) is 0 Å². The number of nitrogens with one attached hydrogen (secondary N) is 1. The fourth-order valence-electron chi connectivity index (χ4n) is 3.67. The second kappa shape index (κ2) is 5.28. The zero-order valence-corrected chi connectivity index (χ0v) is 13.6. The van der Waals surface area contributed by atoms with Crippen molar-refractivity contribution in [2.75, 3.05) is 18.0 Å². The van der Waals surface area contributed by atoms with Crippen molar-refractivity contribution in [3.05, 3.63) is 29.6 Å². The highest BCUT2D eigenvalue weighted by Crippen LogP contribution is 2.43. The number of halogens is 1. The second-order valence-electron chi connectivity index (χ2n) is 7.47. The number of hydrogen-bond donors (Lipinski definition) is 1. The third-order valence-electron chi connectivity index (χ3n) is 5.27. The molecule has 1 saturated heterocycles. The van der Waals surface area contributed by atoms with E-state index in [-0.39, 0.29) is 11.4 Å². The molecule has 2 fully saturated rings. The molecule has 0 radical (unpaired) electrons. The Labute approximate surface area is 127 Å². The van der Waals surface area contributed by atoms with Gasteiger partial charge in [0.1, 0.15) is 5.82 Å². The molecule has 0 bridgehead atoms. The topological polar surface area (TPSA) is 15.3 Å². The molecule has 2 aliphatic rings. The van der Waals surface area contributed by atoms with Crippen LogP contribution < -0.4 is 10.2 Å². The number of benzene rings is 1. The Hall–Kier alpha value is -1.09. The van der Waals surface area contributed by atoms with Gasteiger partial charge in [-0.25, -0.2) is 4.39 Å². The summed E-state index contributed by atoms with van der Waals surface area (Å²) in [6.45, 7) is 10.5. The van der Waals surface area contributed by atoms with E-state index in [0.717, 1.165) is 30.3 Å². The van der Waals surface area contributed by atoms with Crippen LogP contribution in [0, 0.1) is 24.6 Å². The summed E-state index contributed by atoms with van der Waals surface area (Å²) < 4.78 is 14.5. The van der Waals surface area contributed by atoms with E-state index in [9.17, 15) is 4.39 Å². The fraction of sp³-hybridized carbons (Fsp3) is 0.667. The number of hydrogen-bond acceptors (Lipinski definition) is 2. The van der Waals surface area contributed by atoms with Crippen molar-refractivity contribution >= 4 is 5.69 Å². The minimum Gasteiger partial charge on any atom is -0.363 e. The number of piperazine rings is 1. The predicted molar refractivity (Wildman–Crippen MR) is 86.2 cm³/mol. The Bertz CT molecular complexity index is 524. The SMILES string of the molecule is Cc1ccc(N2CC(C)(C3CC3)NCC2C(C)C)c(F)c1.